The molecular weight excluding hydrogens is 258 g/mol. The van der Waals surface area contributed by atoms with E-state index in [-0.39, 0.29) is 24.4 Å². The Balaban J connectivity index is 2.02. The van der Waals surface area contributed by atoms with Crippen LogP contribution in [0.1, 0.15) is 39.5 Å². The Morgan fingerprint density at radius 2 is 2.15 bits per heavy atom. The van der Waals surface area contributed by atoms with Crippen molar-refractivity contribution in [2.24, 2.45) is 5.92 Å². The molecule has 6 nitrogen and oxygen atoms in total. The minimum Gasteiger partial charge on any atom is -0.321 e. The lowest BCUT2D eigenvalue weighted by Crippen LogP contribution is -2.60. The maximum absolute atomic E-state index is 12.4. The molecule has 2 N–H and O–H groups in total. The molecule has 0 aromatic rings. The van der Waals surface area contributed by atoms with Crippen molar-refractivity contribution in [3.05, 3.63) is 0 Å². The van der Waals surface area contributed by atoms with Gasteiger partial charge in [-0.05, 0) is 31.7 Å². The molecule has 0 radical (unpaired) electrons. The van der Waals surface area contributed by atoms with Crippen molar-refractivity contribution in [3.63, 3.8) is 0 Å². The molecule has 0 spiro atoms. The van der Waals surface area contributed by atoms with Crippen LogP contribution in [-0.4, -0.2) is 47.8 Å². The highest BCUT2D eigenvalue weighted by Gasteiger charge is 2.36. The number of hydrogen-bond acceptors (Lipinski definition) is 4. The van der Waals surface area contributed by atoms with E-state index in [4.69, 9.17) is 0 Å². The molecule has 112 valence electrons. The number of imide groups is 1. The van der Waals surface area contributed by atoms with Gasteiger partial charge in [0, 0.05) is 12.5 Å². The second-order valence-corrected chi connectivity index (χ2v) is 5.74. The van der Waals surface area contributed by atoms with Crippen LogP contribution in [0.4, 0.5) is 0 Å². The van der Waals surface area contributed by atoms with Crippen LogP contribution < -0.4 is 10.6 Å². The molecule has 0 aliphatic carbocycles. The Bertz CT molecular complexity index is 410. The lowest BCUT2D eigenvalue weighted by Gasteiger charge is -2.36. The quantitative estimate of drug-likeness (QED) is 0.715. The molecule has 0 aromatic heterocycles. The molecule has 2 aliphatic heterocycles. The zero-order chi connectivity index (χ0) is 14.7. The highest BCUT2D eigenvalue weighted by molar-refractivity contribution is 6.04. The number of rotatable bonds is 3. The number of piperazine rings is 1. The van der Waals surface area contributed by atoms with Crippen LogP contribution in [0.3, 0.4) is 0 Å². The van der Waals surface area contributed by atoms with E-state index in [0.717, 1.165) is 19.4 Å². The summed E-state index contributed by atoms with van der Waals surface area (Å²) in [6.45, 7) is 4.90. The fraction of sp³-hybridized carbons (Fsp3) is 0.786. The van der Waals surface area contributed by atoms with Crippen LogP contribution in [0.2, 0.25) is 0 Å². The maximum atomic E-state index is 12.4. The number of carbonyl (C=O) groups is 3. The molecule has 0 aromatic carbocycles. The normalized spacial score (nSPS) is 31.1. The summed E-state index contributed by atoms with van der Waals surface area (Å²) >= 11 is 0. The molecule has 2 heterocycles. The van der Waals surface area contributed by atoms with Crippen molar-refractivity contribution >= 4 is 17.7 Å². The van der Waals surface area contributed by atoms with Gasteiger partial charge in [-0.3, -0.25) is 19.7 Å². The van der Waals surface area contributed by atoms with Gasteiger partial charge in [0.25, 0.3) is 0 Å². The van der Waals surface area contributed by atoms with Crippen molar-refractivity contribution in [1.82, 2.24) is 15.5 Å². The van der Waals surface area contributed by atoms with Gasteiger partial charge in [-0.1, -0.05) is 13.8 Å². The second-order valence-electron chi connectivity index (χ2n) is 5.74. The second kappa shape index (κ2) is 6.35. The lowest BCUT2D eigenvalue weighted by atomic mass is 9.90. The average molecular weight is 281 g/mol. The Morgan fingerprint density at radius 3 is 2.80 bits per heavy atom. The molecule has 2 rings (SSSR count). The molecular formula is C14H23N3O3. The van der Waals surface area contributed by atoms with Crippen LogP contribution in [0.25, 0.3) is 0 Å². The zero-order valence-electron chi connectivity index (χ0n) is 12.1. The average Bonchev–Trinajstić information content (AvgIpc) is 2.40. The largest absolute Gasteiger partial charge is 0.321 e. The first kappa shape index (κ1) is 15.0. The van der Waals surface area contributed by atoms with Gasteiger partial charge in [-0.15, -0.1) is 0 Å². The van der Waals surface area contributed by atoms with E-state index >= 15 is 0 Å². The van der Waals surface area contributed by atoms with E-state index in [1.165, 1.54) is 4.90 Å². The predicted octanol–water partition coefficient (Wildman–Crippen LogP) is 0.0282. The first-order valence-electron chi connectivity index (χ1n) is 7.39. The predicted molar refractivity (Wildman–Crippen MR) is 73.7 cm³/mol. The third-order valence-corrected chi connectivity index (χ3v) is 4.29. The summed E-state index contributed by atoms with van der Waals surface area (Å²) in [4.78, 5) is 37.1. The number of nitrogens with one attached hydrogen (secondary N) is 2. The molecule has 3 atom stereocenters. The first-order valence-corrected chi connectivity index (χ1v) is 7.39. The number of amides is 3. The van der Waals surface area contributed by atoms with Crippen LogP contribution >= 0.6 is 0 Å². The van der Waals surface area contributed by atoms with Crippen molar-refractivity contribution in [3.8, 4) is 0 Å². The Hall–Kier alpha value is -1.43. The van der Waals surface area contributed by atoms with E-state index in [2.05, 4.69) is 17.6 Å². The van der Waals surface area contributed by atoms with Crippen molar-refractivity contribution in [1.29, 1.82) is 0 Å². The van der Waals surface area contributed by atoms with Gasteiger partial charge in [0.05, 0.1) is 0 Å². The van der Waals surface area contributed by atoms with Gasteiger partial charge in [0.2, 0.25) is 17.7 Å². The Kier molecular flexibility index (Phi) is 4.75. The molecule has 3 amide bonds. The van der Waals surface area contributed by atoms with E-state index in [9.17, 15) is 14.4 Å². The van der Waals surface area contributed by atoms with Gasteiger partial charge < -0.3 is 10.2 Å². The third-order valence-electron chi connectivity index (χ3n) is 4.29. The minimum absolute atomic E-state index is 0.00974. The van der Waals surface area contributed by atoms with Gasteiger partial charge >= 0.3 is 0 Å². The standard InChI is InChI=1S/C14H23N3O3/c1-3-11-14(20)16-12(18)8-17(11)13(19)7-10-9(2)5-4-6-15-10/h9-11,15H,3-8H2,1-2H3,(H,16,18,20). The van der Waals surface area contributed by atoms with Gasteiger partial charge in [0.1, 0.15) is 12.6 Å². The summed E-state index contributed by atoms with van der Waals surface area (Å²) in [6, 6.07) is -0.368. The van der Waals surface area contributed by atoms with Gasteiger partial charge in [-0.25, -0.2) is 0 Å². The number of hydrogen-bond donors (Lipinski definition) is 2. The third kappa shape index (κ3) is 3.17. The van der Waals surface area contributed by atoms with Gasteiger partial charge in [-0.2, -0.15) is 0 Å². The Morgan fingerprint density at radius 1 is 1.40 bits per heavy atom. The molecule has 2 aliphatic rings. The van der Waals surface area contributed by atoms with Crippen LogP contribution in [0.5, 0.6) is 0 Å². The molecule has 3 unspecified atom stereocenters. The number of piperidine rings is 1. The summed E-state index contributed by atoms with van der Waals surface area (Å²) < 4.78 is 0. The highest BCUT2D eigenvalue weighted by Crippen LogP contribution is 2.20. The molecule has 20 heavy (non-hydrogen) atoms. The maximum Gasteiger partial charge on any atom is 0.249 e. The fourth-order valence-corrected chi connectivity index (χ4v) is 3.03. The fourth-order valence-electron chi connectivity index (χ4n) is 3.03. The van der Waals surface area contributed by atoms with E-state index in [1.54, 1.807) is 0 Å². The summed E-state index contributed by atoms with van der Waals surface area (Å²) in [5.74, 6) is -0.409. The summed E-state index contributed by atoms with van der Waals surface area (Å²) in [6.07, 6.45) is 3.13. The molecule has 0 saturated carbocycles. The number of nitrogens with zero attached hydrogens (tertiary/aromatic N) is 1. The summed E-state index contributed by atoms with van der Waals surface area (Å²) in [5.41, 5.74) is 0. The lowest BCUT2D eigenvalue weighted by molar-refractivity contribution is -0.150. The number of carbonyl (C=O) groups excluding carboxylic acids is 3. The zero-order valence-corrected chi connectivity index (χ0v) is 12.1. The topological polar surface area (TPSA) is 78.5 Å². The van der Waals surface area contributed by atoms with E-state index < -0.39 is 11.9 Å². The SMILES string of the molecule is CCC1C(=O)NC(=O)CN1C(=O)CC1NCCCC1C. The summed E-state index contributed by atoms with van der Waals surface area (Å²) in [5, 5.41) is 5.65. The first-order chi connectivity index (χ1) is 9.52. The molecule has 2 saturated heterocycles. The Labute approximate surface area is 119 Å². The summed E-state index contributed by atoms with van der Waals surface area (Å²) in [7, 11) is 0. The minimum atomic E-state index is -0.515. The van der Waals surface area contributed by atoms with E-state index in [1.807, 2.05) is 6.92 Å². The molecule has 6 heteroatoms. The van der Waals surface area contributed by atoms with E-state index in [0.29, 0.717) is 18.8 Å². The van der Waals surface area contributed by atoms with Crippen molar-refractivity contribution < 1.29 is 14.4 Å². The molecule has 0 bridgehead atoms. The molecule has 2 fully saturated rings. The van der Waals surface area contributed by atoms with Crippen molar-refractivity contribution in [2.45, 2.75) is 51.6 Å². The van der Waals surface area contributed by atoms with Crippen LogP contribution in [-0.2, 0) is 14.4 Å². The smallest absolute Gasteiger partial charge is 0.249 e. The van der Waals surface area contributed by atoms with Crippen molar-refractivity contribution in [2.75, 3.05) is 13.1 Å². The van der Waals surface area contributed by atoms with Crippen LogP contribution in [0, 0.1) is 5.92 Å². The van der Waals surface area contributed by atoms with Crippen LogP contribution in [0.15, 0.2) is 0 Å². The van der Waals surface area contributed by atoms with Gasteiger partial charge in [0.15, 0.2) is 0 Å². The highest BCUT2D eigenvalue weighted by atomic mass is 16.2. The monoisotopic (exact) mass is 281 g/mol.